The number of nitrogens with one attached hydrogen (secondary N) is 1. The lowest BCUT2D eigenvalue weighted by molar-refractivity contribution is -0.0139. The van der Waals surface area contributed by atoms with Crippen LogP contribution in [-0.4, -0.2) is 81.8 Å². The monoisotopic (exact) mass is 513 g/mol. The van der Waals surface area contributed by atoms with E-state index in [1.807, 2.05) is 30.3 Å². The molecule has 8 heteroatoms. The van der Waals surface area contributed by atoms with Crippen LogP contribution in [0.4, 0.5) is 5.82 Å². The Morgan fingerprint density at radius 2 is 1.79 bits per heavy atom. The molecule has 2 atom stereocenters. The Labute approximate surface area is 223 Å². The summed E-state index contributed by atoms with van der Waals surface area (Å²) in [5, 5.41) is 14.6. The number of hydrogen-bond acceptors (Lipinski definition) is 7. The van der Waals surface area contributed by atoms with Gasteiger partial charge in [-0.3, -0.25) is 9.69 Å². The maximum atomic E-state index is 13.7. The SMILES string of the molecule is COC1CC(Nc2cc(C(=O)N3CCC(N4CCc5ccccc5C4)[C@H](O)C3)nc(-c3ccccc3)n2)C1. The first-order valence-electron chi connectivity index (χ1n) is 13.6. The van der Waals surface area contributed by atoms with Crippen molar-refractivity contribution in [2.24, 2.45) is 0 Å². The number of likely N-dealkylation sites (tertiary alicyclic amines) is 1. The number of fused-ring (bicyclic) bond motifs is 1. The van der Waals surface area contributed by atoms with Crippen LogP contribution in [0.25, 0.3) is 11.4 Å². The lowest BCUT2D eigenvalue weighted by Gasteiger charge is -2.43. The van der Waals surface area contributed by atoms with Crippen LogP contribution in [0.2, 0.25) is 0 Å². The van der Waals surface area contributed by atoms with E-state index in [-0.39, 0.29) is 24.1 Å². The third-order valence-electron chi connectivity index (χ3n) is 8.22. The number of carbonyl (C=O) groups is 1. The number of amides is 1. The summed E-state index contributed by atoms with van der Waals surface area (Å²) in [5.41, 5.74) is 3.94. The fourth-order valence-electron chi connectivity index (χ4n) is 5.92. The highest BCUT2D eigenvalue weighted by molar-refractivity contribution is 5.93. The molecule has 1 unspecified atom stereocenters. The summed E-state index contributed by atoms with van der Waals surface area (Å²) < 4.78 is 5.41. The van der Waals surface area contributed by atoms with Crippen LogP contribution < -0.4 is 5.32 Å². The van der Waals surface area contributed by atoms with Crippen molar-refractivity contribution in [3.8, 4) is 11.4 Å². The second-order valence-electron chi connectivity index (χ2n) is 10.7. The molecule has 3 aliphatic rings. The molecule has 1 aromatic heterocycles. The summed E-state index contributed by atoms with van der Waals surface area (Å²) in [6, 6.07) is 20.3. The lowest BCUT2D eigenvalue weighted by atomic mass is 9.89. The smallest absolute Gasteiger partial charge is 0.272 e. The zero-order chi connectivity index (χ0) is 26.1. The van der Waals surface area contributed by atoms with Crippen LogP contribution in [0.3, 0.4) is 0 Å². The fourth-order valence-corrected chi connectivity index (χ4v) is 5.92. The second-order valence-corrected chi connectivity index (χ2v) is 10.7. The zero-order valence-electron chi connectivity index (χ0n) is 21.8. The van der Waals surface area contributed by atoms with Gasteiger partial charge in [0.15, 0.2) is 5.82 Å². The van der Waals surface area contributed by atoms with Gasteiger partial charge in [0.1, 0.15) is 11.5 Å². The Bertz CT molecular complexity index is 1280. The van der Waals surface area contributed by atoms with Gasteiger partial charge in [0.05, 0.1) is 12.2 Å². The quantitative estimate of drug-likeness (QED) is 0.522. The molecule has 2 N–H and O–H groups in total. The Hall–Kier alpha value is -3.33. The summed E-state index contributed by atoms with van der Waals surface area (Å²) in [7, 11) is 1.73. The minimum Gasteiger partial charge on any atom is -0.390 e. The number of β-amino-alcohol motifs (C(OH)–C–C–N with tert-alkyl or cyclic N) is 1. The summed E-state index contributed by atoms with van der Waals surface area (Å²) in [6.07, 6.45) is 3.20. The van der Waals surface area contributed by atoms with Gasteiger partial charge in [0, 0.05) is 57.0 Å². The Kier molecular flexibility index (Phi) is 7.10. The normalized spacial score (nSPS) is 25.4. The summed E-state index contributed by atoms with van der Waals surface area (Å²) in [6.45, 7) is 2.66. The van der Waals surface area contributed by atoms with Gasteiger partial charge in [-0.15, -0.1) is 0 Å². The van der Waals surface area contributed by atoms with E-state index < -0.39 is 6.10 Å². The topological polar surface area (TPSA) is 90.8 Å². The first kappa shape index (κ1) is 25.0. The zero-order valence-corrected chi connectivity index (χ0v) is 21.8. The lowest BCUT2D eigenvalue weighted by Crippen LogP contribution is -2.56. The predicted molar refractivity (Wildman–Crippen MR) is 146 cm³/mol. The fraction of sp³-hybridized carbons (Fsp3) is 0.433. The van der Waals surface area contributed by atoms with E-state index in [4.69, 9.17) is 9.72 Å². The van der Waals surface area contributed by atoms with E-state index in [0.29, 0.717) is 30.4 Å². The molecule has 3 aromatic rings. The van der Waals surface area contributed by atoms with Gasteiger partial charge in [0.25, 0.3) is 5.91 Å². The molecule has 1 amide bonds. The molecule has 6 rings (SSSR count). The van der Waals surface area contributed by atoms with Crippen LogP contribution >= 0.6 is 0 Å². The maximum Gasteiger partial charge on any atom is 0.272 e. The average Bonchev–Trinajstić information content (AvgIpc) is 2.94. The first-order valence-corrected chi connectivity index (χ1v) is 13.6. The number of carbonyl (C=O) groups excluding carboxylic acids is 1. The minimum atomic E-state index is -0.605. The number of hydrogen-bond donors (Lipinski definition) is 2. The third kappa shape index (κ3) is 5.16. The van der Waals surface area contributed by atoms with Gasteiger partial charge < -0.3 is 20.1 Å². The number of methoxy groups -OCH3 is 1. The molecule has 2 aromatic carbocycles. The predicted octanol–water partition coefficient (Wildman–Crippen LogP) is 3.37. The molecule has 0 spiro atoms. The number of aliphatic hydroxyl groups excluding tert-OH is 1. The molecule has 1 saturated carbocycles. The van der Waals surface area contributed by atoms with Crippen LogP contribution in [0.1, 0.15) is 40.9 Å². The maximum absolute atomic E-state index is 13.7. The van der Waals surface area contributed by atoms with Gasteiger partial charge in [0.2, 0.25) is 0 Å². The van der Waals surface area contributed by atoms with Gasteiger partial charge in [-0.2, -0.15) is 0 Å². The molecular formula is C30H35N5O3. The number of anilines is 1. The van der Waals surface area contributed by atoms with E-state index in [1.165, 1.54) is 11.1 Å². The second kappa shape index (κ2) is 10.8. The van der Waals surface area contributed by atoms with Gasteiger partial charge in [-0.05, 0) is 36.8 Å². The number of piperidine rings is 1. The largest absolute Gasteiger partial charge is 0.390 e. The van der Waals surface area contributed by atoms with Crippen molar-refractivity contribution in [1.82, 2.24) is 19.8 Å². The summed E-state index contributed by atoms with van der Waals surface area (Å²) in [5.74, 6) is 0.991. The van der Waals surface area contributed by atoms with Crippen LogP contribution in [0.5, 0.6) is 0 Å². The van der Waals surface area contributed by atoms with Crippen molar-refractivity contribution in [2.75, 3.05) is 32.1 Å². The molecule has 0 radical (unpaired) electrons. The van der Waals surface area contributed by atoms with Crippen molar-refractivity contribution < 1.29 is 14.6 Å². The van der Waals surface area contributed by atoms with Gasteiger partial charge in [-0.1, -0.05) is 54.6 Å². The van der Waals surface area contributed by atoms with Gasteiger partial charge in [-0.25, -0.2) is 9.97 Å². The molecule has 1 aliphatic carbocycles. The van der Waals surface area contributed by atoms with Crippen molar-refractivity contribution in [3.05, 3.63) is 77.5 Å². The Balaban J connectivity index is 1.17. The number of aromatic nitrogens is 2. The first-order chi connectivity index (χ1) is 18.6. The molecule has 198 valence electrons. The molecule has 3 heterocycles. The molecule has 2 fully saturated rings. The van der Waals surface area contributed by atoms with E-state index in [9.17, 15) is 9.90 Å². The van der Waals surface area contributed by atoms with Crippen molar-refractivity contribution >= 4 is 11.7 Å². The minimum absolute atomic E-state index is 0.0438. The highest BCUT2D eigenvalue weighted by Crippen LogP contribution is 2.29. The number of nitrogens with zero attached hydrogens (tertiary/aromatic N) is 4. The molecule has 8 nitrogen and oxygen atoms in total. The van der Waals surface area contributed by atoms with E-state index in [2.05, 4.69) is 39.5 Å². The van der Waals surface area contributed by atoms with E-state index in [0.717, 1.165) is 44.3 Å². The Morgan fingerprint density at radius 3 is 2.55 bits per heavy atom. The van der Waals surface area contributed by atoms with Crippen LogP contribution in [0, 0.1) is 0 Å². The third-order valence-corrected chi connectivity index (χ3v) is 8.22. The highest BCUT2D eigenvalue weighted by atomic mass is 16.5. The van der Waals surface area contributed by atoms with Crippen LogP contribution in [-0.2, 0) is 17.7 Å². The highest BCUT2D eigenvalue weighted by Gasteiger charge is 2.36. The summed E-state index contributed by atoms with van der Waals surface area (Å²) >= 11 is 0. The number of rotatable bonds is 6. The Morgan fingerprint density at radius 1 is 1.03 bits per heavy atom. The van der Waals surface area contributed by atoms with E-state index in [1.54, 1.807) is 18.1 Å². The summed E-state index contributed by atoms with van der Waals surface area (Å²) in [4.78, 5) is 27.2. The van der Waals surface area contributed by atoms with Crippen molar-refractivity contribution in [2.45, 2.75) is 56.5 Å². The van der Waals surface area contributed by atoms with Crippen molar-refractivity contribution in [3.63, 3.8) is 0 Å². The number of ether oxygens (including phenoxy) is 1. The number of benzene rings is 2. The molecule has 2 aliphatic heterocycles. The molecule has 38 heavy (non-hydrogen) atoms. The molecule has 0 bridgehead atoms. The van der Waals surface area contributed by atoms with E-state index >= 15 is 0 Å². The molecular weight excluding hydrogens is 478 g/mol. The molecule has 1 saturated heterocycles. The van der Waals surface area contributed by atoms with Crippen molar-refractivity contribution in [1.29, 1.82) is 0 Å². The van der Waals surface area contributed by atoms with Gasteiger partial charge >= 0.3 is 0 Å². The average molecular weight is 514 g/mol. The number of aliphatic hydroxyl groups is 1. The standard InChI is InChI=1S/C30H35N5O3/c1-38-24-15-23(16-24)31-28-17-25(32-29(33-28)21-8-3-2-4-9-21)30(37)35-14-12-26(27(36)19-35)34-13-11-20-7-5-6-10-22(20)18-34/h2-10,17,23-24,26-27,36H,11-16,18-19H2,1H3,(H,31,32,33)/t23?,24?,26?,27-/m1/s1. The van der Waals surface area contributed by atoms with Crippen LogP contribution in [0.15, 0.2) is 60.7 Å².